The third-order valence-corrected chi connectivity index (χ3v) is 7.86. The van der Waals surface area contributed by atoms with Crippen molar-refractivity contribution in [3.05, 3.63) is 60.2 Å². The summed E-state index contributed by atoms with van der Waals surface area (Å²) in [5.41, 5.74) is 2.43. The van der Waals surface area contributed by atoms with Crippen molar-refractivity contribution in [3.63, 3.8) is 0 Å². The Morgan fingerprint density at radius 1 is 0.966 bits per heavy atom. The molecule has 2 heterocycles. The topological polar surface area (TPSA) is 60.9 Å². The van der Waals surface area contributed by atoms with Crippen molar-refractivity contribution >= 4 is 21.6 Å². The monoisotopic (exact) mass is 413 g/mol. The SMILES string of the molecule is CC1CCc2ccccc2N1CC(=O)N1CCN(S(=O)(=O)c2ccccc2)CC1. The van der Waals surface area contributed by atoms with Gasteiger partial charge in [-0.15, -0.1) is 0 Å². The maximum atomic E-state index is 13.0. The Morgan fingerprint density at radius 2 is 1.62 bits per heavy atom. The third-order valence-electron chi connectivity index (χ3n) is 5.94. The lowest BCUT2D eigenvalue weighted by Gasteiger charge is -2.39. The number of piperazine rings is 1. The molecule has 1 saturated heterocycles. The van der Waals surface area contributed by atoms with Gasteiger partial charge < -0.3 is 9.80 Å². The van der Waals surface area contributed by atoms with Gasteiger partial charge in [-0.25, -0.2) is 8.42 Å². The normalized spacial score (nSPS) is 20.4. The van der Waals surface area contributed by atoms with Crippen molar-refractivity contribution in [3.8, 4) is 0 Å². The maximum absolute atomic E-state index is 13.0. The number of amides is 1. The Hall–Kier alpha value is -2.38. The highest BCUT2D eigenvalue weighted by Gasteiger charge is 2.32. The van der Waals surface area contributed by atoms with Gasteiger partial charge in [-0.1, -0.05) is 36.4 Å². The lowest BCUT2D eigenvalue weighted by Crippen LogP contribution is -2.53. The summed E-state index contributed by atoms with van der Waals surface area (Å²) < 4.78 is 27.0. The number of nitrogens with zero attached hydrogens (tertiary/aromatic N) is 3. The van der Waals surface area contributed by atoms with Crippen LogP contribution in [0.15, 0.2) is 59.5 Å². The van der Waals surface area contributed by atoms with Gasteiger partial charge in [0.1, 0.15) is 0 Å². The number of carbonyl (C=O) groups is 1. The quantitative estimate of drug-likeness (QED) is 0.772. The molecular weight excluding hydrogens is 386 g/mol. The van der Waals surface area contributed by atoms with E-state index in [-0.39, 0.29) is 5.91 Å². The molecule has 1 fully saturated rings. The zero-order valence-electron chi connectivity index (χ0n) is 16.7. The van der Waals surface area contributed by atoms with Gasteiger partial charge in [0, 0.05) is 37.9 Å². The summed E-state index contributed by atoms with van der Waals surface area (Å²) in [5, 5.41) is 0. The van der Waals surface area contributed by atoms with Gasteiger partial charge in [-0.2, -0.15) is 4.31 Å². The highest BCUT2D eigenvalue weighted by atomic mass is 32.2. The molecule has 2 aromatic rings. The van der Waals surface area contributed by atoms with Gasteiger partial charge in [-0.05, 0) is 43.5 Å². The summed E-state index contributed by atoms with van der Waals surface area (Å²) >= 11 is 0. The van der Waals surface area contributed by atoms with E-state index >= 15 is 0 Å². The Bertz CT molecular complexity index is 970. The molecule has 0 aliphatic carbocycles. The van der Waals surface area contributed by atoms with Crippen molar-refractivity contribution < 1.29 is 13.2 Å². The molecular formula is C22H27N3O3S. The van der Waals surface area contributed by atoms with Gasteiger partial charge in [0.15, 0.2) is 0 Å². The van der Waals surface area contributed by atoms with Crippen molar-refractivity contribution in [1.29, 1.82) is 0 Å². The predicted octanol–water partition coefficient (Wildman–Crippen LogP) is 2.36. The highest BCUT2D eigenvalue weighted by molar-refractivity contribution is 7.89. The van der Waals surface area contributed by atoms with Crippen LogP contribution in [0.5, 0.6) is 0 Å². The first-order valence-electron chi connectivity index (χ1n) is 10.1. The molecule has 2 aromatic carbocycles. The lowest BCUT2D eigenvalue weighted by atomic mass is 9.96. The minimum absolute atomic E-state index is 0.0605. The molecule has 0 radical (unpaired) electrons. The molecule has 0 bridgehead atoms. The fourth-order valence-corrected chi connectivity index (χ4v) is 5.61. The second-order valence-electron chi connectivity index (χ2n) is 7.74. The average molecular weight is 414 g/mol. The van der Waals surface area contributed by atoms with Crippen LogP contribution < -0.4 is 4.90 Å². The summed E-state index contributed by atoms with van der Waals surface area (Å²) in [7, 11) is -3.50. The van der Waals surface area contributed by atoms with Crippen LogP contribution in [0.3, 0.4) is 0 Å². The molecule has 1 unspecified atom stereocenters. The predicted molar refractivity (Wildman–Crippen MR) is 113 cm³/mol. The molecule has 1 atom stereocenters. The number of rotatable bonds is 4. The molecule has 154 valence electrons. The second-order valence-corrected chi connectivity index (χ2v) is 9.68. The van der Waals surface area contributed by atoms with Crippen LogP contribution in [0.4, 0.5) is 5.69 Å². The smallest absolute Gasteiger partial charge is 0.243 e. The van der Waals surface area contributed by atoms with Crippen LogP contribution in [0, 0.1) is 0 Å². The first-order chi connectivity index (χ1) is 14.0. The van der Waals surface area contributed by atoms with E-state index in [9.17, 15) is 13.2 Å². The molecule has 0 N–H and O–H groups in total. The number of benzene rings is 2. The number of hydrogen-bond donors (Lipinski definition) is 0. The fraction of sp³-hybridized carbons (Fsp3) is 0.409. The summed E-state index contributed by atoms with van der Waals surface area (Å²) in [4.78, 5) is 17.2. The van der Waals surface area contributed by atoms with Gasteiger partial charge >= 0.3 is 0 Å². The Balaban J connectivity index is 1.40. The largest absolute Gasteiger partial charge is 0.359 e. The van der Waals surface area contributed by atoms with E-state index in [0.29, 0.717) is 43.7 Å². The number of hydrogen-bond acceptors (Lipinski definition) is 4. The molecule has 0 aromatic heterocycles. The summed E-state index contributed by atoms with van der Waals surface area (Å²) in [6, 6.07) is 17.1. The molecule has 4 rings (SSSR count). The van der Waals surface area contributed by atoms with Crippen LogP contribution in [-0.2, 0) is 21.2 Å². The van der Waals surface area contributed by atoms with Crippen LogP contribution in [0.2, 0.25) is 0 Å². The summed E-state index contributed by atoms with van der Waals surface area (Å²) in [6.07, 6.45) is 2.07. The van der Waals surface area contributed by atoms with E-state index < -0.39 is 10.0 Å². The van der Waals surface area contributed by atoms with Crippen LogP contribution in [-0.4, -0.2) is 62.3 Å². The number of anilines is 1. The molecule has 7 heteroatoms. The zero-order chi connectivity index (χ0) is 20.4. The first-order valence-corrected chi connectivity index (χ1v) is 11.6. The Labute approximate surface area is 172 Å². The van der Waals surface area contributed by atoms with E-state index in [1.165, 1.54) is 9.87 Å². The summed E-state index contributed by atoms with van der Waals surface area (Å²) in [6.45, 7) is 4.00. The molecule has 0 saturated carbocycles. The van der Waals surface area contributed by atoms with E-state index in [2.05, 4.69) is 24.0 Å². The Morgan fingerprint density at radius 3 is 2.34 bits per heavy atom. The fourth-order valence-electron chi connectivity index (χ4n) is 4.17. The number of aryl methyl sites for hydroxylation is 1. The molecule has 0 spiro atoms. The zero-order valence-corrected chi connectivity index (χ0v) is 17.5. The average Bonchev–Trinajstić information content (AvgIpc) is 2.76. The number of para-hydroxylation sites is 1. The molecule has 2 aliphatic heterocycles. The lowest BCUT2D eigenvalue weighted by molar-refractivity contribution is -0.131. The van der Waals surface area contributed by atoms with E-state index in [1.807, 2.05) is 12.1 Å². The standard InChI is InChI=1S/C22H27N3O3S/c1-18-11-12-19-7-5-6-10-21(19)25(18)17-22(26)23-13-15-24(16-14-23)29(27,28)20-8-3-2-4-9-20/h2-10,18H,11-17H2,1H3. The molecule has 1 amide bonds. The van der Waals surface area contributed by atoms with Gasteiger partial charge in [0.05, 0.1) is 11.4 Å². The maximum Gasteiger partial charge on any atom is 0.243 e. The van der Waals surface area contributed by atoms with Gasteiger partial charge in [-0.3, -0.25) is 4.79 Å². The van der Waals surface area contributed by atoms with Crippen molar-refractivity contribution in [2.24, 2.45) is 0 Å². The highest BCUT2D eigenvalue weighted by Crippen LogP contribution is 2.30. The molecule has 6 nitrogen and oxygen atoms in total. The van der Waals surface area contributed by atoms with Crippen molar-refractivity contribution in [2.75, 3.05) is 37.6 Å². The summed E-state index contributed by atoms with van der Waals surface area (Å²) in [5.74, 6) is 0.0605. The minimum atomic E-state index is -3.50. The van der Waals surface area contributed by atoms with Crippen molar-refractivity contribution in [1.82, 2.24) is 9.21 Å². The molecule has 29 heavy (non-hydrogen) atoms. The van der Waals surface area contributed by atoms with Gasteiger partial charge in [0.2, 0.25) is 15.9 Å². The number of carbonyl (C=O) groups excluding carboxylic acids is 1. The van der Waals surface area contributed by atoms with E-state index in [0.717, 1.165) is 18.5 Å². The number of fused-ring (bicyclic) bond motifs is 1. The van der Waals surface area contributed by atoms with Crippen LogP contribution in [0.1, 0.15) is 18.9 Å². The Kier molecular flexibility index (Phi) is 5.61. The number of sulfonamides is 1. The van der Waals surface area contributed by atoms with Crippen LogP contribution in [0.25, 0.3) is 0 Å². The minimum Gasteiger partial charge on any atom is -0.359 e. The van der Waals surface area contributed by atoms with Crippen LogP contribution >= 0.6 is 0 Å². The first kappa shape index (κ1) is 19.9. The second kappa shape index (κ2) is 8.16. The van der Waals surface area contributed by atoms with E-state index in [4.69, 9.17) is 0 Å². The van der Waals surface area contributed by atoms with Crippen molar-refractivity contribution in [2.45, 2.75) is 30.7 Å². The third kappa shape index (κ3) is 4.02. The van der Waals surface area contributed by atoms with Gasteiger partial charge in [0.25, 0.3) is 0 Å². The molecule has 2 aliphatic rings. The van der Waals surface area contributed by atoms with E-state index in [1.54, 1.807) is 35.2 Å².